The molecule has 0 saturated carbocycles. The topological polar surface area (TPSA) is 105 Å². The molecule has 0 spiro atoms. The van der Waals surface area contributed by atoms with Gasteiger partial charge in [-0.05, 0) is 26.0 Å². The van der Waals surface area contributed by atoms with Crippen LogP contribution in [0.5, 0.6) is 11.5 Å². The van der Waals surface area contributed by atoms with Crippen molar-refractivity contribution in [1.82, 2.24) is 0 Å². The lowest BCUT2D eigenvalue weighted by Crippen LogP contribution is -2.57. The first kappa shape index (κ1) is 21.0. The summed E-state index contributed by atoms with van der Waals surface area (Å²) in [5, 5.41) is 22.4. The fourth-order valence-electron chi connectivity index (χ4n) is 2.85. The lowest BCUT2D eigenvalue weighted by atomic mass is 9.94. The SMILES string of the molecule is Cc1cccc(OC2=C(Oc3cccc(C)c3[N+](=O)[O-])C(F)(F)C2(F)F)c1[N+](=O)[O-]. The molecule has 3 rings (SSSR count). The quantitative estimate of drug-likeness (QED) is 0.361. The standard InChI is InChI=1S/C18H12F4N2O6/c1-9-5-3-7-11(13(9)23(25)26)29-15-16(18(21,22)17(15,19)20)30-12-8-4-6-10(2)14(12)24(27)28/h3-8H,1-2H3. The molecule has 12 heteroatoms. The highest BCUT2D eigenvalue weighted by Crippen LogP contribution is 2.57. The Kier molecular flexibility index (Phi) is 4.88. The molecule has 0 heterocycles. The number of nitro groups is 2. The molecule has 8 nitrogen and oxygen atoms in total. The molecule has 0 bridgehead atoms. The summed E-state index contributed by atoms with van der Waals surface area (Å²) in [5.74, 6) is -14.4. The minimum absolute atomic E-state index is 0.0456. The van der Waals surface area contributed by atoms with Crippen LogP contribution >= 0.6 is 0 Å². The molecule has 0 fully saturated rings. The second-order valence-corrected chi connectivity index (χ2v) is 6.37. The first-order chi connectivity index (χ1) is 13.9. The zero-order chi connectivity index (χ0) is 22.4. The van der Waals surface area contributed by atoms with Gasteiger partial charge in [-0.15, -0.1) is 0 Å². The van der Waals surface area contributed by atoms with Crippen LogP contribution in [-0.2, 0) is 0 Å². The largest absolute Gasteiger partial charge is 0.444 e. The van der Waals surface area contributed by atoms with Gasteiger partial charge < -0.3 is 9.47 Å². The van der Waals surface area contributed by atoms with Gasteiger partial charge in [0.25, 0.3) is 0 Å². The highest BCUT2D eigenvalue weighted by molar-refractivity contribution is 5.56. The van der Waals surface area contributed by atoms with Crippen molar-refractivity contribution in [2.75, 3.05) is 0 Å². The molecule has 0 amide bonds. The number of nitro benzene ring substituents is 2. The van der Waals surface area contributed by atoms with Crippen LogP contribution in [0.1, 0.15) is 11.1 Å². The maximum Gasteiger partial charge on any atom is 0.377 e. The summed E-state index contributed by atoms with van der Waals surface area (Å²) in [4.78, 5) is 20.6. The van der Waals surface area contributed by atoms with Gasteiger partial charge in [-0.3, -0.25) is 20.2 Å². The molecule has 30 heavy (non-hydrogen) atoms. The van der Waals surface area contributed by atoms with Crippen molar-refractivity contribution >= 4 is 11.4 Å². The van der Waals surface area contributed by atoms with E-state index >= 15 is 0 Å². The normalized spacial score (nSPS) is 16.6. The van der Waals surface area contributed by atoms with Gasteiger partial charge in [-0.1, -0.05) is 24.3 Å². The van der Waals surface area contributed by atoms with Crippen LogP contribution in [0.4, 0.5) is 28.9 Å². The summed E-state index contributed by atoms with van der Waals surface area (Å²) >= 11 is 0. The zero-order valence-corrected chi connectivity index (χ0v) is 15.3. The molecule has 0 radical (unpaired) electrons. The Morgan fingerprint density at radius 3 is 1.37 bits per heavy atom. The Hall–Kier alpha value is -3.70. The van der Waals surface area contributed by atoms with Crippen molar-refractivity contribution in [2.45, 2.75) is 25.7 Å². The van der Waals surface area contributed by atoms with Gasteiger partial charge in [0.2, 0.25) is 23.0 Å². The highest BCUT2D eigenvalue weighted by atomic mass is 19.3. The van der Waals surface area contributed by atoms with Crippen molar-refractivity contribution < 1.29 is 36.9 Å². The zero-order valence-electron chi connectivity index (χ0n) is 15.3. The van der Waals surface area contributed by atoms with Crippen molar-refractivity contribution in [3.63, 3.8) is 0 Å². The van der Waals surface area contributed by atoms with Crippen molar-refractivity contribution in [2.24, 2.45) is 0 Å². The average Bonchev–Trinajstić information content (AvgIpc) is 2.63. The van der Waals surface area contributed by atoms with E-state index in [4.69, 9.17) is 9.47 Å². The lowest BCUT2D eigenvalue weighted by Gasteiger charge is -2.38. The monoisotopic (exact) mass is 428 g/mol. The number of para-hydroxylation sites is 2. The van der Waals surface area contributed by atoms with Crippen molar-refractivity contribution in [3.8, 4) is 11.5 Å². The molecule has 158 valence electrons. The maximum absolute atomic E-state index is 14.1. The minimum Gasteiger partial charge on any atom is -0.444 e. The molecule has 2 aromatic carbocycles. The van der Waals surface area contributed by atoms with Crippen LogP contribution in [0.2, 0.25) is 0 Å². The van der Waals surface area contributed by atoms with Gasteiger partial charge in [0.15, 0.2) is 0 Å². The maximum atomic E-state index is 14.1. The van der Waals surface area contributed by atoms with E-state index in [1.54, 1.807) is 0 Å². The van der Waals surface area contributed by atoms with Gasteiger partial charge >= 0.3 is 23.2 Å². The molecule has 0 N–H and O–H groups in total. The average molecular weight is 428 g/mol. The van der Waals surface area contributed by atoms with E-state index in [9.17, 15) is 37.8 Å². The Labute approximate surface area is 165 Å². The number of hydrogen-bond acceptors (Lipinski definition) is 6. The summed E-state index contributed by atoms with van der Waals surface area (Å²) in [6, 6.07) is 7.02. The summed E-state index contributed by atoms with van der Waals surface area (Å²) in [5.41, 5.74) is -1.30. The first-order valence-electron chi connectivity index (χ1n) is 8.24. The molecule has 0 atom stereocenters. The van der Waals surface area contributed by atoms with E-state index in [1.807, 2.05) is 0 Å². The summed E-state index contributed by atoms with van der Waals surface area (Å²) in [7, 11) is 0. The van der Waals surface area contributed by atoms with Crippen LogP contribution in [0, 0.1) is 34.1 Å². The Bertz CT molecular complexity index is 1010. The third-order valence-corrected chi connectivity index (χ3v) is 4.36. The number of benzene rings is 2. The summed E-state index contributed by atoms with van der Waals surface area (Å²) < 4.78 is 65.9. The van der Waals surface area contributed by atoms with Crippen molar-refractivity contribution in [3.05, 3.63) is 79.3 Å². The van der Waals surface area contributed by atoms with E-state index in [1.165, 1.54) is 38.1 Å². The molecule has 1 aliphatic rings. The third-order valence-electron chi connectivity index (χ3n) is 4.36. The third kappa shape index (κ3) is 3.09. The number of hydrogen-bond donors (Lipinski definition) is 0. The smallest absolute Gasteiger partial charge is 0.377 e. The molecule has 0 unspecified atom stereocenters. The fourth-order valence-corrected chi connectivity index (χ4v) is 2.85. The van der Waals surface area contributed by atoms with E-state index in [0.717, 1.165) is 12.1 Å². The van der Waals surface area contributed by atoms with Crippen LogP contribution in [0.15, 0.2) is 47.9 Å². The molecule has 2 aromatic rings. The van der Waals surface area contributed by atoms with Gasteiger partial charge in [0, 0.05) is 11.1 Å². The van der Waals surface area contributed by atoms with Gasteiger partial charge in [0.05, 0.1) is 9.85 Å². The number of halogens is 4. The van der Waals surface area contributed by atoms with E-state index in [0.29, 0.717) is 0 Å². The molecular formula is C18H12F4N2O6. The number of ether oxygens (including phenoxy) is 2. The number of allylic oxidation sites excluding steroid dienone is 2. The lowest BCUT2D eigenvalue weighted by molar-refractivity contribution is -0.387. The van der Waals surface area contributed by atoms with Crippen LogP contribution in [0.3, 0.4) is 0 Å². The fraction of sp³-hybridized carbons (Fsp3) is 0.222. The first-order valence-corrected chi connectivity index (χ1v) is 8.24. The minimum atomic E-state index is -4.85. The highest BCUT2D eigenvalue weighted by Gasteiger charge is 2.76. The van der Waals surface area contributed by atoms with Gasteiger partial charge in [0.1, 0.15) is 0 Å². The molecule has 0 saturated heterocycles. The Morgan fingerprint density at radius 1 is 0.733 bits per heavy atom. The number of aryl methyl sites for hydroxylation is 2. The van der Waals surface area contributed by atoms with Crippen molar-refractivity contribution in [1.29, 1.82) is 0 Å². The Morgan fingerprint density at radius 2 is 1.07 bits per heavy atom. The second-order valence-electron chi connectivity index (χ2n) is 6.37. The van der Waals surface area contributed by atoms with Gasteiger partial charge in [-0.25, -0.2) is 0 Å². The van der Waals surface area contributed by atoms with Crippen LogP contribution < -0.4 is 9.47 Å². The molecule has 0 aromatic heterocycles. The van der Waals surface area contributed by atoms with Crippen LogP contribution in [0.25, 0.3) is 0 Å². The van der Waals surface area contributed by atoms with E-state index in [2.05, 4.69) is 0 Å². The second kappa shape index (κ2) is 6.97. The van der Waals surface area contributed by atoms with E-state index in [-0.39, 0.29) is 11.1 Å². The Balaban J connectivity index is 2.12. The number of nitrogens with zero attached hydrogens (tertiary/aromatic N) is 2. The molecular weight excluding hydrogens is 416 g/mol. The predicted molar refractivity (Wildman–Crippen MR) is 93.8 cm³/mol. The summed E-state index contributed by atoms with van der Waals surface area (Å²) in [6.45, 7) is 2.61. The molecule has 1 aliphatic carbocycles. The molecule has 0 aliphatic heterocycles. The summed E-state index contributed by atoms with van der Waals surface area (Å²) in [6.07, 6.45) is 0. The predicted octanol–water partition coefficient (Wildman–Crippen LogP) is 5.07. The number of rotatable bonds is 6. The number of alkyl halides is 4. The van der Waals surface area contributed by atoms with Gasteiger partial charge in [-0.2, -0.15) is 17.6 Å². The van der Waals surface area contributed by atoms with E-state index < -0.39 is 56.1 Å². The van der Waals surface area contributed by atoms with Crippen LogP contribution in [-0.4, -0.2) is 21.7 Å².